The first kappa shape index (κ1) is 17.8. The number of nitrogens with zero attached hydrogens (tertiary/aromatic N) is 4. The molecule has 1 amide bonds. The van der Waals surface area contributed by atoms with Crippen LogP contribution in [0, 0.1) is 0 Å². The van der Waals surface area contributed by atoms with Crippen LogP contribution in [-0.2, 0) is 4.79 Å². The van der Waals surface area contributed by atoms with E-state index in [9.17, 15) is 9.59 Å². The molecule has 1 aliphatic heterocycles. The number of hydrogen-bond acceptors (Lipinski definition) is 6. The van der Waals surface area contributed by atoms with Gasteiger partial charge in [-0.2, -0.15) is 0 Å². The molecule has 136 valence electrons. The first-order valence-electron chi connectivity index (χ1n) is 8.63. The normalized spacial score (nSPS) is 15.5. The molecule has 0 bridgehead atoms. The topological polar surface area (TPSA) is 75.6 Å². The van der Waals surface area contributed by atoms with Gasteiger partial charge >= 0.3 is 0 Å². The van der Waals surface area contributed by atoms with Crippen LogP contribution in [0.2, 0.25) is 0 Å². The lowest BCUT2D eigenvalue weighted by atomic mass is 10.1. The third-order valence-electron chi connectivity index (χ3n) is 4.35. The van der Waals surface area contributed by atoms with Crippen molar-refractivity contribution in [2.75, 3.05) is 31.1 Å². The van der Waals surface area contributed by atoms with Crippen LogP contribution < -0.4 is 9.64 Å². The minimum absolute atomic E-state index is 0.000872. The molecule has 7 nitrogen and oxygen atoms in total. The van der Waals surface area contributed by atoms with E-state index in [0.717, 1.165) is 0 Å². The standard InChI is InChI=1S/C19H22N4O3/c1-14(24)16-4-6-17(7-5-16)26-15(2)18(25)22-10-12-23(13-11-22)19-20-8-3-9-21-19/h3-9,15H,10-13H2,1-2H3/t15-/m0/s1. The zero-order valence-corrected chi connectivity index (χ0v) is 15.0. The molecule has 1 saturated heterocycles. The van der Waals surface area contributed by atoms with Crippen LogP contribution in [0.5, 0.6) is 5.75 Å². The highest BCUT2D eigenvalue weighted by atomic mass is 16.5. The summed E-state index contributed by atoms with van der Waals surface area (Å²) in [5, 5.41) is 0. The van der Waals surface area contributed by atoms with Crippen LogP contribution in [0.15, 0.2) is 42.7 Å². The zero-order chi connectivity index (χ0) is 18.5. The number of ether oxygens (including phenoxy) is 1. The average molecular weight is 354 g/mol. The van der Waals surface area contributed by atoms with E-state index in [0.29, 0.717) is 43.4 Å². The monoisotopic (exact) mass is 354 g/mol. The number of ketones is 1. The van der Waals surface area contributed by atoms with Crippen molar-refractivity contribution in [3.8, 4) is 5.75 Å². The zero-order valence-electron chi connectivity index (χ0n) is 15.0. The Bertz CT molecular complexity index is 756. The van der Waals surface area contributed by atoms with Gasteiger partial charge in [0.05, 0.1) is 0 Å². The van der Waals surface area contributed by atoms with E-state index in [2.05, 4.69) is 14.9 Å². The van der Waals surface area contributed by atoms with E-state index in [1.54, 1.807) is 54.5 Å². The van der Waals surface area contributed by atoms with Crippen molar-refractivity contribution < 1.29 is 14.3 Å². The molecule has 1 fully saturated rings. The molecule has 7 heteroatoms. The van der Waals surface area contributed by atoms with E-state index < -0.39 is 6.10 Å². The number of anilines is 1. The fourth-order valence-corrected chi connectivity index (χ4v) is 2.86. The van der Waals surface area contributed by atoms with Crippen molar-refractivity contribution in [2.45, 2.75) is 20.0 Å². The van der Waals surface area contributed by atoms with Gasteiger partial charge in [-0.3, -0.25) is 9.59 Å². The number of benzene rings is 1. The number of aromatic nitrogens is 2. The fourth-order valence-electron chi connectivity index (χ4n) is 2.86. The fraction of sp³-hybridized carbons (Fsp3) is 0.368. The van der Waals surface area contributed by atoms with Crippen LogP contribution in [-0.4, -0.2) is 58.8 Å². The smallest absolute Gasteiger partial charge is 0.263 e. The van der Waals surface area contributed by atoms with Gasteiger partial charge in [0.25, 0.3) is 5.91 Å². The van der Waals surface area contributed by atoms with E-state index in [1.165, 1.54) is 6.92 Å². The summed E-state index contributed by atoms with van der Waals surface area (Å²) < 4.78 is 5.73. The van der Waals surface area contributed by atoms with Crippen molar-refractivity contribution in [2.24, 2.45) is 0 Å². The van der Waals surface area contributed by atoms with E-state index in [-0.39, 0.29) is 11.7 Å². The van der Waals surface area contributed by atoms with Gasteiger partial charge in [-0.1, -0.05) is 0 Å². The Morgan fingerprint density at radius 3 is 2.23 bits per heavy atom. The average Bonchev–Trinajstić information content (AvgIpc) is 2.68. The molecule has 0 spiro atoms. The minimum atomic E-state index is -0.585. The largest absolute Gasteiger partial charge is 0.481 e. The van der Waals surface area contributed by atoms with Crippen molar-refractivity contribution >= 4 is 17.6 Å². The number of carbonyl (C=O) groups excluding carboxylic acids is 2. The van der Waals surface area contributed by atoms with E-state index >= 15 is 0 Å². The molecule has 26 heavy (non-hydrogen) atoms. The van der Waals surface area contributed by atoms with Crippen LogP contribution in [0.25, 0.3) is 0 Å². The molecule has 1 atom stereocenters. The molecule has 0 N–H and O–H groups in total. The highest BCUT2D eigenvalue weighted by Crippen LogP contribution is 2.16. The molecule has 0 saturated carbocycles. The molecule has 2 heterocycles. The number of Topliss-reactive ketones (excluding diaryl/α,β-unsaturated/α-hetero) is 1. The predicted octanol–water partition coefficient (Wildman–Crippen LogP) is 1.80. The van der Waals surface area contributed by atoms with E-state index in [4.69, 9.17) is 4.74 Å². The first-order valence-corrected chi connectivity index (χ1v) is 8.63. The lowest BCUT2D eigenvalue weighted by Crippen LogP contribution is -2.52. The number of rotatable bonds is 5. The maximum Gasteiger partial charge on any atom is 0.263 e. The van der Waals surface area contributed by atoms with Gasteiger partial charge in [0, 0.05) is 44.1 Å². The Labute approximate surface area is 152 Å². The molecule has 1 aliphatic rings. The molecule has 0 aliphatic carbocycles. The second-order valence-corrected chi connectivity index (χ2v) is 6.20. The summed E-state index contributed by atoms with van der Waals surface area (Å²) in [5.41, 5.74) is 0.621. The second kappa shape index (κ2) is 7.95. The van der Waals surface area contributed by atoms with Crippen molar-refractivity contribution in [1.82, 2.24) is 14.9 Å². The number of hydrogen-bond donors (Lipinski definition) is 0. The Hall–Kier alpha value is -2.96. The molecule has 1 aromatic carbocycles. The van der Waals surface area contributed by atoms with Gasteiger partial charge in [0.1, 0.15) is 5.75 Å². The van der Waals surface area contributed by atoms with Gasteiger partial charge in [0.2, 0.25) is 5.95 Å². The third kappa shape index (κ3) is 4.17. The Morgan fingerprint density at radius 1 is 1.04 bits per heavy atom. The van der Waals surface area contributed by atoms with Crippen LogP contribution in [0.1, 0.15) is 24.2 Å². The summed E-state index contributed by atoms with van der Waals surface area (Å²) in [7, 11) is 0. The number of carbonyl (C=O) groups is 2. The summed E-state index contributed by atoms with van der Waals surface area (Å²) in [6.07, 6.45) is 2.85. The van der Waals surface area contributed by atoms with Gasteiger partial charge in [0.15, 0.2) is 11.9 Å². The predicted molar refractivity (Wildman–Crippen MR) is 97.4 cm³/mol. The molecule has 2 aromatic rings. The number of piperazine rings is 1. The highest BCUT2D eigenvalue weighted by molar-refractivity contribution is 5.94. The summed E-state index contributed by atoms with van der Waals surface area (Å²) in [6, 6.07) is 8.61. The minimum Gasteiger partial charge on any atom is -0.481 e. The number of amides is 1. The summed E-state index contributed by atoms with van der Waals surface area (Å²) in [4.78, 5) is 36.3. The van der Waals surface area contributed by atoms with Crippen LogP contribution in [0.3, 0.4) is 0 Å². The Morgan fingerprint density at radius 2 is 1.65 bits per heavy atom. The Balaban J connectivity index is 1.53. The quantitative estimate of drug-likeness (QED) is 0.762. The van der Waals surface area contributed by atoms with Crippen LogP contribution in [0.4, 0.5) is 5.95 Å². The SMILES string of the molecule is CC(=O)c1ccc(O[C@@H](C)C(=O)N2CCN(c3ncccn3)CC2)cc1. The van der Waals surface area contributed by atoms with Gasteiger partial charge < -0.3 is 14.5 Å². The third-order valence-corrected chi connectivity index (χ3v) is 4.35. The molecule has 3 rings (SSSR count). The van der Waals surface area contributed by atoms with E-state index in [1.807, 2.05) is 0 Å². The second-order valence-electron chi connectivity index (χ2n) is 6.20. The maximum atomic E-state index is 12.6. The molecule has 1 aromatic heterocycles. The molecule has 0 radical (unpaired) electrons. The summed E-state index contributed by atoms with van der Waals surface area (Å²) in [6.45, 7) is 5.85. The highest BCUT2D eigenvalue weighted by Gasteiger charge is 2.26. The molecular formula is C19H22N4O3. The lowest BCUT2D eigenvalue weighted by Gasteiger charge is -2.35. The van der Waals surface area contributed by atoms with Crippen LogP contribution >= 0.6 is 0 Å². The van der Waals surface area contributed by atoms with Crippen molar-refractivity contribution in [3.05, 3.63) is 48.3 Å². The summed E-state index contributed by atoms with van der Waals surface area (Å²) in [5.74, 6) is 1.22. The van der Waals surface area contributed by atoms with Gasteiger partial charge in [-0.25, -0.2) is 9.97 Å². The maximum absolute atomic E-state index is 12.6. The Kier molecular flexibility index (Phi) is 5.46. The molecular weight excluding hydrogens is 332 g/mol. The van der Waals surface area contributed by atoms with Gasteiger partial charge in [-0.05, 0) is 44.2 Å². The van der Waals surface area contributed by atoms with Gasteiger partial charge in [-0.15, -0.1) is 0 Å². The summed E-state index contributed by atoms with van der Waals surface area (Å²) >= 11 is 0. The van der Waals surface area contributed by atoms with Crippen molar-refractivity contribution in [1.29, 1.82) is 0 Å². The first-order chi connectivity index (χ1) is 12.5. The lowest BCUT2D eigenvalue weighted by molar-refractivity contribution is -0.138. The van der Waals surface area contributed by atoms with Crippen molar-refractivity contribution in [3.63, 3.8) is 0 Å². The molecule has 0 unspecified atom stereocenters.